The molecule has 9 nitrogen and oxygen atoms in total. The number of piperidine rings is 1. The quantitative estimate of drug-likeness (QED) is 0.650. The Morgan fingerprint density at radius 2 is 2.10 bits per heavy atom. The zero-order valence-corrected chi connectivity index (χ0v) is 16.4. The minimum Gasteiger partial charge on any atom is -0.480 e. The average molecular weight is 408 g/mol. The number of carbonyl (C=O) groups is 1. The second-order valence-corrected chi connectivity index (χ2v) is 7.16. The summed E-state index contributed by atoms with van der Waals surface area (Å²) in [5, 5.41) is 8.44. The lowest BCUT2D eigenvalue weighted by molar-refractivity contribution is 0.0694. The van der Waals surface area contributed by atoms with Crippen LogP contribution in [0.1, 0.15) is 35.0 Å². The van der Waals surface area contributed by atoms with E-state index in [0.29, 0.717) is 47.8 Å². The fourth-order valence-corrected chi connectivity index (χ4v) is 3.80. The molecule has 4 heterocycles. The summed E-state index contributed by atoms with van der Waals surface area (Å²) >= 11 is 0. The summed E-state index contributed by atoms with van der Waals surface area (Å²) in [5.74, 6) is 2.49. The largest absolute Gasteiger partial charge is 0.480 e. The number of hydrogen-bond donors (Lipinski definition) is 0. The Balaban J connectivity index is 1.34. The van der Waals surface area contributed by atoms with Crippen LogP contribution in [0, 0.1) is 0 Å². The third kappa shape index (κ3) is 3.32. The summed E-state index contributed by atoms with van der Waals surface area (Å²) in [4.78, 5) is 18.9. The molecule has 0 aliphatic carbocycles. The van der Waals surface area contributed by atoms with Gasteiger partial charge in [-0.3, -0.25) is 4.79 Å². The van der Waals surface area contributed by atoms with Crippen LogP contribution >= 0.6 is 0 Å². The number of pyridine rings is 1. The molecule has 30 heavy (non-hydrogen) atoms. The van der Waals surface area contributed by atoms with E-state index in [4.69, 9.17) is 18.6 Å². The maximum absolute atomic E-state index is 13.0. The van der Waals surface area contributed by atoms with Crippen molar-refractivity contribution in [2.45, 2.75) is 18.8 Å². The molecule has 0 spiro atoms. The lowest BCUT2D eigenvalue weighted by Crippen LogP contribution is -2.39. The van der Waals surface area contributed by atoms with Crippen molar-refractivity contribution in [3.63, 3.8) is 0 Å². The molecule has 154 valence electrons. The van der Waals surface area contributed by atoms with Crippen molar-refractivity contribution in [1.29, 1.82) is 0 Å². The van der Waals surface area contributed by atoms with Gasteiger partial charge in [0.15, 0.2) is 11.5 Å². The maximum Gasteiger partial charge on any atom is 0.259 e. The second-order valence-electron chi connectivity index (χ2n) is 7.16. The average Bonchev–Trinajstić information content (AvgIpc) is 3.48. The van der Waals surface area contributed by atoms with E-state index in [-0.39, 0.29) is 18.6 Å². The monoisotopic (exact) mass is 408 g/mol. The van der Waals surface area contributed by atoms with Crippen molar-refractivity contribution in [2.75, 3.05) is 27.0 Å². The topological polar surface area (TPSA) is 99.8 Å². The standard InChI is InChI=1S/C21H20N4O5/c1-27-20-15(5-2-8-22-20)21(26)25-9-3-4-14(11-25)19-24-23-18(30-19)13-6-7-16-17(10-13)29-12-28-16/h2,5-8,10,14H,3-4,9,11-12H2,1H3/t14-/m0/s1. The van der Waals surface area contributed by atoms with E-state index in [2.05, 4.69) is 15.2 Å². The van der Waals surface area contributed by atoms with Crippen LogP contribution < -0.4 is 14.2 Å². The van der Waals surface area contributed by atoms with Gasteiger partial charge in [-0.1, -0.05) is 0 Å². The van der Waals surface area contributed by atoms with E-state index in [0.717, 1.165) is 18.4 Å². The minimum atomic E-state index is -0.111. The normalized spacial score (nSPS) is 17.8. The molecule has 0 N–H and O–H groups in total. The molecule has 0 radical (unpaired) electrons. The number of hydrogen-bond acceptors (Lipinski definition) is 8. The van der Waals surface area contributed by atoms with Crippen LogP contribution in [-0.2, 0) is 0 Å². The fraction of sp³-hybridized carbons (Fsp3) is 0.333. The van der Waals surface area contributed by atoms with E-state index in [9.17, 15) is 4.79 Å². The Morgan fingerprint density at radius 1 is 1.20 bits per heavy atom. The summed E-state index contributed by atoms with van der Waals surface area (Å²) in [6, 6.07) is 8.96. The molecule has 2 aliphatic heterocycles. The maximum atomic E-state index is 13.0. The molecule has 2 aliphatic rings. The summed E-state index contributed by atoms with van der Waals surface area (Å²) in [6.45, 7) is 1.37. The molecule has 0 bridgehead atoms. The summed E-state index contributed by atoms with van der Waals surface area (Å²) in [7, 11) is 1.51. The highest BCUT2D eigenvalue weighted by Gasteiger charge is 2.30. The number of fused-ring (bicyclic) bond motifs is 1. The van der Waals surface area contributed by atoms with Crippen LogP contribution in [0.4, 0.5) is 0 Å². The molecule has 1 amide bonds. The zero-order chi connectivity index (χ0) is 20.5. The Bertz CT molecular complexity index is 1080. The van der Waals surface area contributed by atoms with Crippen LogP contribution in [-0.4, -0.2) is 53.0 Å². The zero-order valence-electron chi connectivity index (χ0n) is 16.4. The predicted molar refractivity (Wildman–Crippen MR) is 105 cm³/mol. The molecule has 1 atom stereocenters. The van der Waals surface area contributed by atoms with E-state index in [1.807, 2.05) is 18.2 Å². The predicted octanol–water partition coefficient (Wildman–Crippen LogP) is 2.89. The number of ether oxygens (including phenoxy) is 3. The molecule has 0 unspecified atom stereocenters. The van der Waals surface area contributed by atoms with Gasteiger partial charge in [0.05, 0.1) is 13.0 Å². The van der Waals surface area contributed by atoms with Gasteiger partial charge >= 0.3 is 0 Å². The Morgan fingerprint density at radius 3 is 3.00 bits per heavy atom. The van der Waals surface area contributed by atoms with Gasteiger partial charge in [-0.2, -0.15) is 0 Å². The Hall–Kier alpha value is -3.62. The van der Waals surface area contributed by atoms with Gasteiger partial charge < -0.3 is 23.5 Å². The number of carbonyl (C=O) groups excluding carboxylic acids is 1. The second kappa shape index (κ2) is 7.66. The van der Waals surface area contributed by atoms with Crippen LogP contribution in [0.25, 0.3) is 11.5 Å². The van der Waals surface area contributed by atoms with Crippen molar-refractivity contribution in [3.8, 4) is 28.8 Å². The first-order valence-corrected chi connectivity index (χ1v) is 9.74. The Kier molecular flexibility index (Phi) is 4.70. The number of likely N-dealkylation sites (tertiary alicyclic amines) is 1. The smallest absolute Gasteiger partial charge is 0.259 e. The third-order valence-corrected chi connectivity index (χ3v) is 5.31. The number of amides is 1. The van der Waals surface area contributed by atoms with Crippen molar-refractivity contribution in [2.24, 2.45) is 0 Å². The molecule has 2 aromatic heterocycles. The van der Waals surface area contributed by atoms with E-state index in [1.54, 1.807) is 23.2 Å². The van der Waals surface area contributed by atoms with Gasteiger partial charge in [0.25, 0.3) is 5.91 Å². The van der Waals surface area contributed by atoms with Crippen LogP contribution in [0.3, 0.4) is 0 Å². The van der Waals surface area contributed by atoms with Crippen molar-refractivity contribution in [3.05, 3.63) is 48.0 Å². The molecular weight excluding hydrogens is 388 g/mol. The van der Waals surface area contributed by atoms with Gasteiger partial charge in [-0.05, 0) is 43.2 Å². The molecule has 1 aromatic carbocycles. The number of aromatic nitrogens is 3. The van der Waals surface area contributed by atoms with Gasteiger partial charge in [-0.15, -0.1) is 10.2 Å². The van der Waals surface area contributed by atoms with Crippen LogP contribution in [0.15, 0.2) is 40.9 Å². The highest BCUT2D eigenvalue weighted by Crippen LogP contribution is 2.36. The van der Waals surface area contributed by atoms with Crippen LogP contribution in [0.5, 0.6) is 17.4 Å². The summed E-state index contributed by atoms with van der Waals surface area (Å²) < 4.78 is 21.9. The highest BCUT2D eigenvalue weighted by atomic mass is 16.7. The number of nitrogens with zero attached hydrogens (tertiary/aromatic N) is 4. The van der Waals surface area contributed by atoms with E-state index < -0.39 is 0 Å². The molecule has 3 aromatic rings. The number of benzene rings is 1. The van der Waals surface area contributed by atoms with Crippen LogP contribution in [0.2, 0.25) is 0 Å². The first kappa shape index (κ1) is 18.4. The number of methoxy groups -OCH3 is 1. The molecule has 9 heteroatoms. The molecular formula is C21H20N4O5. The minimum absolute atomic E-state index is 0.0272. The first-order chi connectivity index (χ1) is 14.7. The summed E-state index contributed by atoms with van der Waals surface area (Å²) in [6.07, 6.45) is 3.32. The van der Waals surface area contributed by atoms with Crippen molar-refractivity contribution < 1.29 is 23.4 Å². The van der Waals surface area contributed by atoms with Gasteiger partial charge in [-0.25, -0.2) is 4.98 Å². The van der Waals surface area contributed by atoms with Crippen molar-refractivity contribution >= 4 is 5.91 Å². The molecule has 1 fully saturated rings. The lowest BCUT2D eigenvalue weighted by Gasteiger charge is -2.31. The SMILES string of the molecule is COc1ncccc1C(=O)N1CCC[C@H](c2nnc(-c3ccc4c(c3)OCO4)o2)C1. The molecule has 1 saturated heterocycles. The Labute approximate surface area is 172 Å². The fourth-order valence-electron chi connectivity index (χ4n) is 3.80. The molecule has 0 saturated carbocycles. The lowest BCUT2D eigenvalue weighted by atomic mass is 9.97. The van der Waals surface area contributed by atoms with Gasteiger partial charge in [0, 0.05) is 24.8 Å². The third-order valence-electron chi connectivity index (χ3n) is 5.31. The molecule has 5 rings (SSSR count). The van der Waals surface area contributed by atoms with Gasteiger partial charge in [0.1, 0.15) is 5.56 Å². The van der Waals surface area contributed by atoms with E-state index in [1.165, 1.54) is 7.11 Å². The summed E-state index contributed by atoms with van der Waals surface area (Å²) in [5.41, 5.74) is 1.22. The van der Waals surface area contributed by atoms with Crippen molar-refractivity contribution in [1.82, 2.24) is 20.1 Å². The highest BCUT2D eigenvalue weighted by molar-refractivity contribution is 5.96. The van der Waals surface area contributed by atoms with Gasteiger partial charge in [0.2, 0.25) is 24.5 Å². The van der Waals surface area contributed by atoms with E-state index >= 15 is 0 Å². The number of rotatable bonds is 4. The first-order valence-electron chi connectivity index (χ1n) is 9.74.